The number of rotatable bonds is 6. The van der Waals surface area contributed by atoms with Gasteiger partial charge in [-0.2, -0.15) is 30.7 Å². The first-order chi connectivity index (χ1) is 11.8. The number of aliphatic imine (C=N–C) groups is 1. The van der Waals surface area contributed by atoms with Crippen LogP contribution in [0.15, 0.2) is 16.1 Å². The Morgan fingerprint density at radius 3 is 2.08 bits per heavy atom. The first kappa shape index (κ1) is 22.3. The predicted octanol–water partition coefficient (Wildman–Crippen LogP) is 3.34. The first-order valence-electron chi connectivity index (χ1n) is 6.92. The molecule has 148 valence electrons. The molecule has 0 radical (unpaired) electrons. The standard InChI is InChI=1S/C13H12F7NO4S/c1-3-24-9(22)6-5-21-8(7(26-6)10(23)25-4-2)11(14,15)12(16,17)13(18,19)20/h5,7H,3-4H2,1-2H3. The molecule has 5 nitrogen and oxygen atoms in total. The lowest BCUT2D eigenvalue weighted by Gasteiger charge is -2.32. The molecule has 1 unspecified atom stereocenters. The van der Waals surface area contributed by atoms with Crippen LogP contribution < -0.4 is 0 Å². The zero-order chi connectivity index (χ0) is 20.3. The summed E-state index contributed by atoms with van der Waals surface area (Å²) in [4.78, 5) is 25.7. The summed E-state index contributed by atoms with van der Waals surface area (Å²) in [5, 5.41) is -2.39. The third-order valence-corrected chi connectivity index (χ3v) is 4.04. The molecule has 1 aliphatic rings. The number of thioether (sulfide) groups is 1. The normalized spacial score (nSPS) is 18.7. The molecule has 26 heavy (non-hydrogen) atoms. The van der Waals surface area contributed by atoms with Gasteiger partial charge in [-0.1, -0.05) is 11.8 Å². The van der Waals surface area contributed by atoms with Crippen LogP contribution in [-0.2, 0) is 19.1 Å². The van der Waals surface area contributed by atoms with Crippen LogP contribution in [0.3, 0.4) is 0 Å². The quantitative estimate of drug-likeness (QED) is 0.496. The molecule has 0 saturated carbocycles. The van der Waals surface area contributed by atoms with Crippen molar-refractivity contribution in [2.45, 2.75) is 37.1 Å². The summed E-state index contributed by atoms with van der Waals surface area (Å²) < 4.78 is 100. The minimum Gasteiger partial charge on any atom is -0.465 e. The third kappa shape index (κ3) is 4.13. The Morgan fingerprint density at radius 1 is 1.08 bits per heavy atom. The van der Waals surface area contributed by atoms with Crippen LogP contribution in [0.1, 0.15) is 13.8 Å². The van der Waals surface area contributed by atoms with Crippen LogP contribution in [-0.4, -0.2) is 54.1 Å². The highest BCUT2D eigenvalue weighted by molar-refractivity contribution is 8.06. The Labute approximate surface area is 146 Å². The number of alkyl halides is 7. The molecule has 1 rings (SSSR count). The van der Waals surface area contributed by atoms with Crippen LogP contribution in [0.2, 0.25) is 0 Å². The van der Waals surface area contributed by atoms with Crippen molar-refractivity contribution in [2.24, 2.45) is 4.99 Å². The van der Waals surface area contributed by atoms with E-state index in [1.807, 2.05) is 0 Å². The fraction of sp³-hybridized carbons (Fsp3) is 0.615. The van der Waals surface area contributed by atoms with Gasteiger partial charge in [-0.25, -0.2) is 4.79 Å². The minimum atomic E-state index is -6.60. The predicted molar refractivity (Wildman–Crippen MR) is 76.1 cm³/mol. The Morgan fingerprint density at radius 2 is 1.62 bits per heavy atom. The molecule has 13 heteroatoms. The maximum absolute atomic E-state index is 13.9. The summed E-state index contributed by atoms with van der Waals surface area (Å²) in [6.45, 7) is 2.15. The fourth-order valence-electron chi connectivity index (χ4n) is 1.67. The Bertz CT molecular complexity index is 630. The monoisotopic (exact) mass is 411 g/mol. The third-order valence-electron chi connectivity index (χ3n) is 2.86. The molecule has 0 aromatic carbocycles. The zero-order valence-corrected chi connectivity index (χ0v) is 14.0. The van der Waals surface area contributed by atoms with Gasteiger partial charge in [-0.05, 0) is 13.8 Å². The smallest absolute Gasteiger partial charge is 0.460 e. The number of carbonyl (C=O) groups excluding carboxylic acids is 2. The molecule has 0 N–H and O–H groups in total. The summed E-state index contributed by atoms with van der Waals surface area (Å²) >= 11 is -0.0101. The molecule has 0 bridgehead atoms. The molecule has 0 fully saturated rings. The lowest BCUT2D eigenvalue weighted by molar-refractivity contribution is -0.336. The van der Waals surface area contributed by atoms with Gasteiger partial charge in [0, 0.05) is 6.20 Å². The van der Waals surface area contributed by atoms with Gasteiger partial charge in [0.05, 0.1) is 13.2 Å². The van der Waals surface area contributed by atoms with Crippen molar-refractivity contribution in [1.82, 2.24) is 0 Å². The zero-order valence-electron chi connectivity index (χ0n) is 13.2. The highest BCUT2D eigenvalue weighted by Gasteiger charge is 2.76. The van der Waals surface area contributed by atoms with E-state index in [0.29, 0.717) is 6.20 Å². The summed E-state index contributed by atoms with van der Waals surface area (Å²) in [5.41, 5.74) is -2.07. The van der Waals surface area contributed by atoms with Crippen LogP contribution in [0.25, 0.3) is 0 Å². The Kier molecular flexibility index (Phi) is 6.71. The van der Waals surface area contributed by atoms with E-state index in [2.05, 4.69) is 14.5 Å². The number of carbonyl (C=O) groups is 2. The van der Waals surface area contributed by atoms with E-state index in [0.717, 1.165) is 0 Å². The van der Waals surface area contributed by atoms with Crippen molar-refractivity contribution >= 4 is 29.4 Å². The van der Waals surface area contributed by atoms with Gasteiger partial charge in [0.25, 0.3) is 0 Å². The van der Waals surface area contributed by atoms with Gasteiger partial charge in [-0.15, -0.1) is 0 Å². The van der Waals surface area contributed by atoms with Gasteiger partial charge in [0.1, 0.15) is 10.6 Å². The Hall–Kier alpha value is -1.79. The number of hydrogen-bond acceptors (Lipinski definition) is 6. The van der Waals surface area contributed by atoms with Crippen molar-refractivity contribution in [3.05, 3.63) is 11.1 Å². The average molecular weight is 411 g/mol. The van der Waals surface area contributed by atoms with Gasteiger partial charge in [-0.3, -0.25) is 9.79 Å². The molecular formula is C13H12F7NO4S. The fourth-order valence-corrected chi connectivity index (χ4v) is 2.68. The largest absolute Gasteiger partial charge is 0.465 e. The lowest BCUT2D eigenvalue weighted by Crippen LogP contribution is -2.59. The van der Waals surface area contributed by atoms with E-state index >= 15 is 0 Å². The van der Waals surface area contributed by atoms with Crippen molar-refractivity contribution in [1.29, 1.82) is 0 Å². The van der Waals surface area contributed by atoms with E-state index in [9.17, 15) is 40.3 Å². The average Bonchev–Trinajstić information content (AvgIpc) is 2.53. The van der Waals surface area contributed by atoms with Crippen LogP contribution in [0.4, 0.5) is 30.7 Å². The van der Waals surface area contributed by atoms with Crippen LogP contribution in [0, 0.1) is 0 Å². The summed E-state index contributed by atoms with van der Waals surface area (Å²) in [6, 6.07) is 0. The number of ether oxygens (including phenoxy) is 2. The summed E-state index contributed by atoms with van der Waals surface area (Å²) in [7, 11) is 0. The molecule has 1 heterocycles. The van der Waals surface area contributed by atoms with Crippen molar-refractivity contribution in [3.63, 3.8) is 0 Å². The maximum atomic E-state index is 13.9. The second-order valence-electron chi connectivity index (χ2n) is 4.62. The van der Waals surface area contributed by atoms with Gasteiger partial charge in [0.15, 0.2) is 5.25 Å². The first-order valence-corrected chi connectivity index (χ1v) is 7.80. The molecule has 0 aliphatic carbocycles. The molecule has 0 spiro atoms. The van der Waals surface area contributed by atoms with Crippen molar-refractivity contribution in [3.8, 4) is 0 Å². The SMILES string of the molecule is CCOC(=O)C1=CN=C(C(F)(F)C(F)(F)C(F)(F)F)C(C(=O)OCC)S1. The van der Waals surface area contributed by atoms with Gasteiger partial charge in [0.2, 0.25) is 0 Å². The van der Waals surface area contributed by atoms with E-state index in [4.69, 9.17) is 0 Å². The van der Waals surface area contributed by atoms with Gasteiger partial charge >= 0.3 is 30.0 Å². The van der Waals surface area contributed by atoms with Crippen molar-refractivity contribution in [2.75, 3.05) is 13.2 Å². The summed E-state index contributed by atoms with van der Waals surface area (Å²) in [6.07, 6.45) is -6.26. The van der Waals surface area contributed by atoms with E-state index in [1.165, 1.54) is 13.8 Å². The molecule has 0 saturated heterocycles. The van der Waals surface area contributed by atoms with E-state index in [-0.39, 0.29) is 25.0 Å². The molecule has 0 amide bonds. The number of hydrogen-bond donors (Lipinski definition) is 0. The number of esters is 2. The van der Waals surface area contributed by atoms with E-state index < -0.39 is 45.8 Å². The van der Waals surface area contributed by atoms with Gasteiger partial charge < -0.3 is 9.47 Å². The second-order valence-corrected chi connectivity index (χ2v) is 5.77. The lowest BCUT2D eigenvalue weighted by atomic mass is 10.0. The van der Waals surface area contributed by atoms with Crippen LogP contribution in [0.5, 0.6) is 0 Å². The minimum absolute atomic E-state index is 0.0101. The molecule has 1 atom stereocenters. The Balaban J connectivity index is 3.41. The maximum Gasteiger partial charge on any atom is 0.460 e. The molecular weight excluding hydrogens is 399 g/mol. The topological polar surface area (TPSA) is 65.0 Å². The highest BCUT2D eigenvalue weighted by atomic mass is 32.2. The van der Waals surface area contributed by atoms with Crippen molar-refractivity contribution < 1.29 is 49.8 Å². The second kappa shape index (κ2) is 7.84. The molecule has 1 aliphatic heterocycles. The summed E-state index contributed by atoms with van der Waals surface area (Å²) in [5.74, 6) is -15.0. The van der Waals surface area contributed by atoms with E-state index in [1.54, 1.807) is 0 Å². The number of halogens is 7. The molecule has 0 aromatic heterocycles. The molecule has 0 aromatic rings. The highest BCUT2D eigenvalue weighted by Crippen LogP contribution is 2.49. The number of nitrogens with zero attached hydrogens (tertiary/aromatic N) is 1. The van der Waals surface area contributed by atoms with Crippen LogP contribution >= 0.6 is 11.8 Å².